The number of hydrogen-bond acceptors (Lipinski definition) is 1. The molecule has 0 saturated carbocycles. The van der Waals surface area contributed by atoms with Crippen molar-refractivity contribution in [1.82, 2.24) is 0 Å². The summed E-state index contributed by atoms with van der Waals surface area (Å²) in [6, 6.07) is 17.0. The Morgan fingerprint density at radius 1 is 0.909 bits per heavy atom. The van der Waals surface area contributed by atoms with Crippen LogP contribution in [-0.4, -0.2) is 6.61 Å². The van der Waals surface area contributed by atoms with E-state index in [2.05, 4.69) is 68.5 Å². The Morgan fingerprint density at radius 3 is 2.00 bits per heavy atom. The summed E-state index contributed by atoms with van der Waals surface area (Å²) in [6.45, 7) is 6.99. The average molecular weight is 292 g/mol. The first kappa shape index (κ1) is 16.1. The largest absolute Gasteiger partial charge is 0.494 e. The third-order valence-electron chi connectivity index (χ3n) is 3.54. The molecule has 2 rings (SSSR count). The van der Waals surface area contributed by atoms with Crippen molar-refractivity contribution in [2.45, 2.75) is 27.2 Å². The highest BCUT2D eigenvalue weighted by molar-refractivity contribution is 5.75. The normalized spacial score (nSPS) is 11.9. The summed E-state index contributed by atoms with van der Waals surface area (Å²) in [5.74, 6) is 0.937. The van der Waals surface area contributed by atoms with E-state index in [1.165, 1.54) is 22.3 Å². The van der Waals surface area contributed by atoms with Gasteiger partial charge in [0.1, 0.15) is 5.75 Å². The monoisotopic (exact) mass is 292 g/mol. The van der Waals surface area contributed by atoms with Crippen molar-refractivity contribution in [1.29, 1.82) is 0 Å². The molecular weight excluding hydrogens is 268 g/mol. The van der Waals surface area contributed by atoms with E-state index in [1.54, 1.807) is 0 Å². The van der Waals surface area contributed by atoms with E-state index in [0.29, 0.717) is 0 Å². The fraction of sp³-hybridized carbons (Fsp3) is 0.238. The van der Waals surface area contributed by atoms with Gasteiger partial charge in [0.05, 0.1) is 6.61 Å². The van der Waals surface area contributed by atoms with Crippen molar-refractivity contribution in [2.24, 2.45) is 0 Å². The zero-order chi connectivity index (χ0) is 15.8. The first-order valence-corrected chi connectivity index (χ1v) is 7.91. The van der Waals surface area contributed by atoms with E-state index in [0.717, 1.165) is 18.8 Å². The minimum Gasteiger partial charge on any atom is -0.494 e. The Morgan fingerprint density at radius 2 is 1.50 bits per heavy atom. The fourth-order valence-electron chi connectivity index (χ4n) is 2.36. The second-order valence-corrected chi connectivity index (χ2v) is 5.19. The van der Waals surface area contributed by atoms with Crippen LogP contribution in [0, 0.1) is 0 Å². The molecule has 0 heterocycles. The quantitative estimate of drug-likeness (QED) is 0.583. The maximum Gasteiger partial charge on any atom is 0.119 e. The van der Waals surface area contributed by atoms with Crippen LogP contribution >= 0.6 is 0 Å². The van der Waals surface area contributed by atoms with Gasteiger partial charge in [-0.1, -0.05) is 61.5 Å². The standard InChI is InChI=1S/C21H24O/c1-4-7-17(6-3)18-8-10-19(11-9-18)20-12-14-21(15-13-20)22-16-5-2/h4,6-15H,5,16H2,1-3H3. The lowest BCUT2D eigenvalue weighted by Gasteiger charge is -2.08. The van der Waals surface area contributed by atoms with Crippen LogP contribution < -0.4 is 4.74 Å². The summed E-state index contributed by atoms with van der Waals surface area (Å²) in [5, 5.41) is 0. The molecule has 0 radical (unpaired) electrons. The average Bonchev–Trinajstić information content (AvgIpc) is 2.58. The third kappa shape index (κ3) is 4.11. The maximum atomic E-state index is 5.62. The molecule has 1 nitrogen and oxygen atoms in total. The molecule has 0 unspecified atom stereocenters. The molecule has 114 valence electrons. The molecule has 0 aliphatic heterocycles. The number of hydrogen-bond donors (Lipinski definition) is 0. The zero-order valence-corrected chi connectivity index (χ0v) is 13.7. The van der Waals surface area contributed by atoms with Gasteiger partial charge in [-0.15, -0.1) is 0 Å². The molecule has 0 aliphatic rings. The van der Waals surface area contributed by atoms with Crippen LogP contribution in [0.15, 0.2) is 66.8 Å². The highest BCUT2D eigenvalue weighted by Gasteiger charge is 2.01. The van der Waals surface area contributed by atoms with Gasteiger partial charge in [-0.25, -0.2) is 0 Å². The Labute approximate surface area is 134 Å². The van der Waals surface area contributed by atoms with Crippen LogP contribution in [0.5, 0.6) is 5.75 Å². The highest BCUT2D eigenvalue weighted by atomic mass is 16.5. The smallest absolute Gasteiger partial charge is 0.119 e. The van der Waals surface area contributed by atoms with E-state index >= 15 is 0 Å². The Kier molecular flexibility index (Phi) is 6.02. The molecule has 0 aromatic heterocycles. The van der Waals surface area contributed by atoms with Gasteiger partial charge in [-0.3, -0.25) is 0 Å². The van der Waals surface area contributed by atoms with E-state index in [9.17, 15) is 0 Å². The summed E-state index contributed by atoms with van der Waals surface area (Å²) >= 11 is 0. The lowest BCUT2D eigenvalue weighted by Crippen LogP contribution is -1.94. The van der Waals surface area contributed by atoms with Crippen LogP contribution in [-0.2, 0) is 0 Å². The zero-order valence-electron chi connectivity index (χ0n) is 13.7. The molecule has 0 amide bonds. The maximum absolute atomic E-state index is 5.62. The van der Waals surface area contributed by atoms with Crippen molar-refractivity contribution in [3.8, 4) is 16.9 Å². The third-order valence-corrected chi connectivity index (χ3v) is 3.54. The van der Waals surface area contributed by atoms with Crippen molar-refractivity contribution < 1.29 is 4.74 Å². The number of ether oxygens (including phenoxy) is 1. The van der Waals surface area contributed by atoms with Gasteiger partial charge in [0, 0.05) is 0 Å². The minimum absolute atomic E-state index is 0.769. The summed E-state index contributed by atoms with van der Waals surface area (Å²) in [6.07, 6.45) is 7.37. The number of benzene rings is 2. The molecule has 0 saturated heterocycles. The van der Waals surface area contributed by atoms with Crippen LogP contribution in [0.1, 0.15) is 32.8 Å². The lowest BCUT2D eigenvalue weighted by atomic mass is 10.00. The van der Waals surface area contributed by atoms with E-state index in [-0.39, 0.29) is 0 Å². The predicted octanol–water partition coefficient (Wildman–Crippen LogP) is 6.12. The van der Waals surface area contributed by atoms with Crippen molar-refractivity contribution in [3.05, 3.63) is 72.3 Å². The van der Waals surface area contributed by atoms with Crippen LogP contribution in [0.25, 0.3) is 16.7 Å². The summed E-state index contributed by atoms with van der Waals surface area (Å²) in [7, 11) is 0. The van der Waals surface area contributed by atoms with Gasteiger partial charge in [-0.2, -0.15) is 0 Å². The Hall–Kier alpha value is -2.28. The van der Waals surface area contributed by atoms with Crippen LogP contribution in [0.2, 0.25) is 0 Å². The van der Waals surface area contributed by atoms with E-state index in [4.69, 9.17) is 4.74 Å². The summed E-state index contributed by atoms with van der Waals surface area (Å²) < 4.78 is 5.62. The number of rotatable bonds is 6. The molecule has 2 aromatic carbocycles. The topological polar surface area (TPSA) is 9.23 Å². The van der Waals surface area contributed by atoms with E-state index < -0.39 is 0 Å². The van der Waals surface area contributed by atoms with Gasteiger partial charge >= 0.3 is 0 Å². The molecular formula is C21H24O. The van der Waals surface area contributed by atoms with E-state index in [1.807, 2.05) is 19.1 Å². The first-order valence-electron chi connectivity index (χ1n) is 7.91. The minimum atomic E-state index is 0.769. The second kappa shape index (κ2) is 8.23. The van der Waals surface area contributed by atoms with Crippen molar-refractivity contribution >= 4 is 5.57 Å². The molecule has 0 bridgehead atoms. The molecule has 1 heteroatoms. The van der Waals surface area contributed by atoms with Crippen LogP contribution in [0.3, 0.4) is 0 Å². The van der Waals surface area contributed by atoms with Gasteiger partial charge in [-0.05, 0) is 54.7 Å². The van der Waals surface area contributed by atoms with Crippen molar-refractivity contribution in [2.75, 3.05) is 6.61 Å². The summed E-state index contributed by atoms with van der Waals surface area (Å²) in [5.41, 5.74) is 4.93. The Balaban J connectivity index is 2.16. The number of allylic oxidation sites excluding steroid dienone is 4. The van der Waals surface area contributed by atoms with Gasteiger partial charge in [0.2, 0.25) is 0 Å². The predicted molar refractivity (Wildman–Crippen MR) is 96.1 cm³/mol. The van der Waals surface area contributed by atoms with Gasteiger partial charge in [0.15, 0.2) is 0 Å². The Bertz CT molecular complexity index is 631. The van der Waals surface area contributed by atoms with Crippen molar-refractivity contribution in [3.63, 3.8) is 0 Å². The molecule has 0 aliphatic carbocycles. The van der Waals surface area contributed by atoms with Crippen LogP contribution in [0.4, 0.5) is 0 Å². The molecule has 0 N–H and O–H groups in total. The SMILES string of the molecule is CC=CC(=CC)c1ccc(-c2ccc(OCCC)cc2)cc1. The molecule has 0 fully saturated rings. The summed E-state index contributed by atoms with van der Waals surface area (Å²) in [4.78, 5) is 0. The molecule has 2 aromatic rings. The molecule has 22 heavy (non-hydrogen) atoms. The first-order chi connectivity index (χ1) is 10.8. The second-order valence-electron chi connectivity index (χ2n) is 5.19. The molecule has 0 atom stereocenters. The van der Waals surface area contributed by atoms with Gasteiger partial charge < -0.3 is 4.74 Å². The fourth-order valence-corrected chi connectivity index (χ4v) is 2.36. The lowest BCUT2D eigenvalue weighted by molar-refractivity contribution is 0.317. The molecule has 0 spiro atoms. The highest BCUT2D eigenvalue weighted by Crippen LogP contribution is 2.25. The van der Waals surface area contributed by atoms with Gasteiger partial charge in [0.25, 0.3) is 0 Å².